The first kappa shape index (κ1) is 14.4. The van der Waals surface area contributed by atoms with Gasteiger partial charge in [0.2, 0.25) is 0 Å². The second kappa shape index (κ2) is 7.61. The lowest BCUT2D eigenvalue weighted by atomic mass is 10.2. The maximum absolute atomic E-state index is 8.93. The Balaban J connectivity index is 0.000000191. The number of hydrogen-bond donors (Lipinski definition) is 3. The quantitative estimate of drug-likeness (QED) is 0.563. The molecule has 0 saturated heterocycles. The molecule has 0 amide bonds. The molecule has 2 aromatic rings. The van der Waals surface area contributed by atoms with Crippen LogP contribution < -0.4 is 0 Å². The Morgan fingerprint density at radius 2 is 1.53 bits per heavy atom. The lowest BCUT2D eigenvalue weighted by Gasteiger charge is -1.96. The SMILES string of the molecule is C=Cc1ccc(O)c(O)c1.OC=Cc1ccccc1. The van der Waals surface area contributed by atoms with Crippen molar-refractivity contribution in [2.45, 2.75) is 0 Å². The van der Waals surface area contributed by atoms with Crippen LogP contribution in [0.2, 0.25) is 0 Å². The number of aliphatic hydroxyl groups is 1. The van der Waals surface area contributed by atoms with Crippen LogP contribution in [-0.4, -0.2) is 15.3 Å². The van der Waals surface area contributed by atoms with Gasteiger partial charge >= 0.3 is 0 Å². The minimum absolute atomic E-state index is 0.106. The van der Waals surface area contributed by atoms with Gasteiger partial charge in [0.1, 0.15) is 0 Å². The van der Waals surface area contributed by atoms with Gasteiger partial charge in [-0.25, -0.2) is 0 Å². The van der Waals surface area contributed by atoms with Crippen molar-refractivity contribution in [2.75, 3.05) is 0 Å². The Morgan fingerprint density at radius 3 is 2.05 bits per heavy atom. The summed E-state index contributed by atoms with van der Waals surface area (Å²) < 4.78 is 0. The molecule has 0 saturated carbocycles. The first-order valence-corrected chi connectivity index (χ1v) is 5.67. The van der Waals surface area contributed by atoms with Crippen LogP contribution in [0.1, 0.15) is 11.1 Å². The second-order valence-electron chi connectivity index (χ2n) is 3.68. The van der Waals surface area contributed by atoms with Crippen molar-refractivity contribution < 1.29 is 15.3 Å². The smallest absolute Gasteiger partial charge is 0.157 e. The molecule has 0 radical (unpaired) electrons. The fourth-order valence-electron chi connectivity index (χ4n) is 1.32. The third-order valence-electron chi connectivity index (χ3n) is 2.30. The third-order valence-corrected chi connectivity index (χ3v) is 2.30. The third kappa shape index (κ3) is 5.00. The Kier molecular flexibility index (Phi) is 5.76. The molecule has 0 aliphatic rings. The molecule has 3 nitrogen and oxygen atoms in total. The predicted molar refractivity (Wildman–Crippen MR) is 78.0 cm³/mol. The van der Waals surface area contributed by atoms with E-state index >= 15 is 0 Å². The molecule has 2 aromatic carbocycles. The average molecular weight is 256 g/mol. The Labute approximate surface area is 112 Å². The summed E-state index contributed by atoms with van der Waals surface area (Å²) in [7, 11) is 0. The molecule has 2 rings (SSSR count). The van der Waals surface area contributed by atoms with E-state index in [1.165, 1.54) is 12.1 Å². The second-order valence-corrected chi connectivity index (χ2v) is 3.68. The monoisotopic (exact) mass is 256 g/mol. The number of phenols is 2. The highest BCUT2D eigenvalue weighted by molar-refractivity contribution is 5.53. The van der Waals surface area contributed by atoms with Gasteiger partial charge in [-0.3, -0.25) is 0 Å². The molecule has 0 aliphatic carbocycles. The fourth-order valence-corrected chi connectivity index (χ4v) is 1.32. The maximum atomic E-state index is 8.93. The van der Waals surface area contributed by atoms with Crippen LogP contribution in [0.15, 0.2) is 61.4 Å². The summed E-state index contributed by atoms with van der Waals surface area (Å²) in [5.74, 6) is -0.219. The Hall–Kier alpha value is -2.68. The molecule has 98 valence electrons. The molecular formula is C16H16O3. The Morgan fingerprint density at radius 1 is 0.842 bits per heavy atom. The topological polar surface area (TPSA) is 60.7 Å². The molecule has 0 atom stereocenters. The van der Waals surface area contributed by atoms with Gasteiger partial charge in [-0.1, -0.05) is 49.1 Å². The van der Waals surface area contributed by atoms with Gasteiger partial charge in [0, 0.05) is 0 Å². The number of hydrogen-bond acceptors (Lipinski definition) is 3. The first-order chi connectivity index (χ1) is 9.17. The largest absolute Gasteiger partial charge is 0.516 e. The zero-order chi connectivity index (χ0) is 14.1. The Bertz CT molecular complexity index is 545. The van der Waals surface area contributed by atoms with Gasteiger partial charge in [0.05, 0.1) is 6.26 Å². The number of benzene rings is 2. The lowest BCUT2D eigenvalue weighted by molar-refractivity contribution is 0.403. The number of rotatable bonds is 2. The van der Waals surface area contributed by atoms with Crippen molar-refractivity contribution in [2.24, 2.45) is 0 Å². The lowest BCUT2D eigenvalue weighted by Crippen LogP contribution is -1.71. The van der Waals surface area contributed by atoms with E-state index < -0.39 is 0 Å². The van der Waals surface area contributed by atoms with Crippen LogP contribution >= 0.6 is 0 Å². The molecular weight excluding hydrogens is 240 g/mol. The van der Waals surface area contributed by atoms with Gasteiger partial charge in [-0.05, 0) is 29.3 Å². The maximum Gasteiger partial charge on any atom is 0.157 e. The highest BCUT2D eigenvalue weighted by atomic mass is 16.3. The molecule has 0 fully saturated rings. The fraction of sp³-hybridized carbons (Fsp3) is 0. The number of aliphatic hydroxyl groups excluding tert-OH is 1. The molecule has 3 heteroatoms. The molecule has 19 heavy (non-hydrogen) atoms. The van der Waals surface area contributed by atoms with Crippen molar-refractivity contribution in [1.29, 1.82) is 0 Å². The van der Waals surface area contributed by atoms with E-state index in [1.54, 1.807) is 18.2 Å². The normalized spacial score (nSPS) is 9.68. The van der Waals surface area contributed by atoms with Gasteiger partial charge in [-0.15, -0.1) is 0 Å². The van der Waals surface area contributed by atoms with E-state index in [-0.39, 0.29) is 11.5 Å². The van der Waals surface area contributed by atoms with Crippen molar-refractivity contribution in [3.05, 3.63) is 72.5 Å². The van der Waals surface area contributed by atoms with Crippen LogP contribution in [0.25, 0.3) is 12.2 Å². The van der Waals surface area contributed by atoms with Crippen molar-refractivity contribution in [1.82, 2.24) is 0 Å². The van der Waals surface area contributed by atoms with Crippen molar-refractivity contribution >= 4 is 12.2 Å². The summed E-state index contributed by atoms with van der Waals surface area (Å²) in [4.78, 5) is 0. The van der Waals surface area contributed by atoms with Gasteiger partial charge < -0.3 is 15.3 Å². The van der Waals surface area contributed by atoms with Crippen LogP contribution in [0.3, 0.4) is 0 Å². The molecule has 0 unspecified atom stereocenters. The van der Waals surface area contributed by atoms with Gasteiger partial charge in [-0.2, -0.15) is 0 Å². The van der Waals surface area contributed by atoms with Crippen molar-refractivity contribution in [3.63, 3.8) is 0 Å². The standard InChI is InChI=1S/C8H8O2.C8H8O/c1-2-6-3-4-7(9)8(10)5-6;9-7-6-8-4-2-1-3-5-8/h2-5,9-10H,1H2;1-7,9H. The summed E-state index contributed by atoms with van der Waals surface area (Å²) >= 11 is 0. The van der Waals surface area contributed by atoms with E-state index in [0.29, 0.717) is 0 Å². The summed E-state index contributed by atoms with van der Waals surface area (Å²) in [5.41, 5.74) is 1.80. The van der Waals surface area contributed by atoms with E-state index in [4.69, 9.17) is 15.3 Å². The van der Waals surface area contributed by atoms with Crippen LogP contribution in [0.5, 0.6) is 11.5 Å². The van der Waals surface area contributed by atoms with Crippen molar-refractivity contribution in [3.8, 4) is 11.5 Å². The van der Waals surface area contributed by atoms with E-state index in [2.05, 4.69) is 6.58 Å². The van der Waals surface area contributed by atoms with Crippen LogP contribution in [0.4, 0.5) is 0 Å². The average Bonchev–Trinajstić information content (AvgIpc) is 2.44. The minimum atomic E-state index is -0.114. The predicted octanol–water partition coefficient (Wildman–Crippen LogP) is 3.96. The van der Waals surface area contributed by atoms with Crippen LogP contribution in [-0.2, 0) is 0 Å². The first-order valence-electron chi connectivity index (χ1n) is 5.67. The van der Waals surface area contributed by atoms with E-state index in [9.17, 15) is 0 Å². The van der Waals surface area contributed by atoms with E-state index in [1.807, 2.05) is 30.3 Å². The van der Waals surface area contributed by atoms with E-state index in [0.717, 1.165) is 17.4 Å². The van der Waals surface area contributed by atoms with Gasteiger partial charge in [0.25, 0.3) is 0 Å². The number of aromatic hydroxyl groups is 2. The highest BCUT2D eigenvalue weighted by Crippen LogP contribution is 2.24. The molecule has 3 N–H and O–H groups in total. The molecule has 0 aromatic heterocycles. The minimum Gasteiger partial charge on any atom is -0.516 e. The highest BCUT2D eigenvalue weighted by Gasteiger charge is 1.96. The molecule has 0 heterocycles. The van der Waals surface area contributed by atoms with Gasteiger partial charge in [0.15, 0.2) is 11.5 Å². The zero-order valence-corrected chi connectivity index (χ0v) is 10.4. The summed E-state index contributed by atoms with van der Waals surface area (Å²) in [6.07, 6.45) is 4.27. The number of phenolic OH excluding ortho intramolecular Hbond substituents is 2. The summed E-state index contributed by atoms with van der Waals surface area (Å²) in [5, 5.41) is 26.1. The molecule has 0 spiro atoms. The summed E-state index contributed by atoms with van der Waals surface area (Å²) in [6.45, 7) is 3.51. The zero-order valence-electron chi connectivity index (χ0n) is 10.4. The molecule has 0 aliphatic heterocycles. The molecule has 0 bridgehead atoms. The summed E-state index contributed by atoms with van der Waals surface area (Å²) in [6, 6.07) is 14.2. The van der Waals surface area contributed by atoms with Crippen LogP contribution in [0, 0.1) is 0 Å².